The van der Waals surface area contributed by atoms with Gasteiger partial charge in [-0.1, -0.05) is 40.5 Å². The van der Waals surface area contributed by atoms with E-state index in [0.29, 0.717) is 5.41 Å². The summed E-state index contributed by atoms with van der Waals surface area (Å²) in [6, 6.07) is 0. The Kier molecular flexibility index (Phi) is 9.42. The second-order valence-corrected chi connectivity index (χ2v) is 8.30. The number of hydrogen-bond donors (Lipinski definition) is 1. The molecule has 0 heterocycles. The summed E-state index contributed by atoms with van der Waals surface area (Å²) < 4.78 is 4.80. The Morgan fingerprint density at radius 3 is 1.91 bits per heavy atom. The Morgan fingerprint density at radius 1 is 1.22 bits per heavy atom. The Balaban J connectivity index is 0.000000515. The van der Waals surface area contributed by atoms with Gasteiger partial charge in [0.2, 0.25) is 0 Å². The Hall–Kier alpha value is -0.570. The van der Waals surface area contributed by atoms with Crippen LogP contribution in [0.4, 0.5) is 0 Å². The largest absolute Gasteiger partial charge is 0.460 e. The molecule has 3 nitrogen and oxygen atoms in total. The standard InChI is InChI=1S/C14H29N.C6H12O2/c1-5-11(3)12(4)14(6-2,10-15)13-8-7-9-13;1-5(7)8-6(2,3)4/h11-13H,5-10,15H2,1-4H3;1-4H3. The van der Waals surface area contributed by atoms with E-state index in [1.807, 2.05) is 20.8 Å². The third kappa shape index (κ3) is 6.82. The van der Waals surface area contributed by atoms with Crippen LogP contribution in [0.2, 0.25) is 0 Å². The number of hydrogen-bond acceptors (Lipinski definition) is 3. The Bertz CT molecular complexity index is 338. The van der Waals surface area contributed by atoms with Gasteiger partial charge in [0.05, 0.1) is 0 Å². The van der Waals surface area contributed by atoms with Crippen molar-refractivity contribution in [3.8, 4) is 0 Å². The molecule has 1 aliphatic rings. The summed E-state index contributed by atoms with van der Waals surface area (Å²) in [6.07, 6.45) is 6.83. The normalized spacial score (nSPS) is 20.4. The molecular weight excluding hydrogens is 286 g/mol. The molecule has 23 heavy (non-hydrogen) atoms. The fourth-order valence-corrected chi connectivity index (χ4v) is 3.81. The number of esters is 1. The maximum absolute atomic E-state index is 10.2. The lowest BCUT2D eigenvalue weighted by Gasteiger charge is -2.50. The molecular formula is C20H41NO2. The zero-order valence-electron chi connectivity index (χ0n) is 16.9. The zero-order chi connectivity index (χ0) is 18.3. The summed E-state index contributed by atoms with van der Waals surface area (Å²) in [4.78, 5) is 10.2. The summed E-state index contributed by atoms with van der Waals surface area (Å²) in [5.74, 6) is 2.28. The van der Waals surface area contributed by atoms with Gasteiger partial charge in [-0.05, 0) is 69.7 Å². The lowest BCUT2D eigenvalue weighted by Crippen LogP contribution is -2.47. The fourth-order valence-electron chi connectivity index (χ4n) is 3.81. The van der Waals surface area contributed by atoms with Crippen molar-refractivity contribution in [2.75, 3.05) is 6.54 Å². The van der Waals surface area contributed by atoms with Crippen molar-refractivity contribution in [2.24, 2.45) is 28.9 Å². The van der Waals surface area contributed by atoms with E-state index in [-0.39, 0.29) is 11.6 Å². The van der Waals surface area contributed by atoms with Gasteiger partial charge in [0.15, 0.2) is 0 Å². The van der Waals surface area contributed by atoms with E-state index in [0.717, 1.165) is 24.3 Å². The first kappa shape index (κ1) is 22.4. The van der Waals surface area contributed by atoms with Gasteiger partial charge >= 0.3 is 5.97 Å². The van der Waals surface area contributed by atoms with Crippen LogP contribution in [-0.2, 0) is 9.53 Å². The van der Waals surface area contributed by atoms with Crippen LogP contribution in [0.15, 0.2) is 0 Å². The molecule has 0 saturated heterocycles. The predicted octanol–water partition coefficient (Wildman–Crippen LogP) is 5.17. The predicted molar refractivity (Wildman–Crippen MR) is 99.3 cm³/mol. The van der Waals surface area contributed by atoms with E-state index in [4.69, 9.17) is 10.5 Å². The molecule has 0 amide bonds. The lowest BCUT2D eigenvalue weighted by atomic mass is 9.56. The van der Waals surface area contributed by atoms with E-state index < -0.39 is 0 Å². The van der Waals surface area contributed by atoms with Crippen LogP contribution in [0, 0.1) is 23.2 Å². The summed E-state index contributed by atoms with van der Waals surface area (Å²) in [7, 11) is 0. The molecule has 0 spiro atoms. The number of rotatable bonds is 6. The van der Waals surface area contributed by atoms with Crippen molar-refractivity contribution in [2.45, 2.75) is 93.1 Å². The minimum atomic E-state index is -0.328. The molecule has 2 N–H and O–H groups in total. The average molecular weight is 328 g/mol. The quantitative estimate of drug-likeness (QED) is 0.684. The second kappa shape index (κ2) is 9.66. The highest BCUT2D eigenvalue weighted by Crippen LogP contribution is 2.50. The van der Waals surface area contributed by atoms with Crippen molar-refractivity contribution < 1.29 is 9.53 Å². The van der Waals surface area contributed by atoms with Crippen LogP contribution in [0.1, 0.15) is 87.5 Å². The number of carbonyl (C=O) groups is 1. The van der Waals surface area contributed by atoms with Gasteiger partial charge in [-0.2, -0.15) is 0 Å². The highest BCUT2D eigenvalue weighted by atomic mass is 16.6. The molecule has 0 bridgehead atoms. The van der Waals surface area contributed by atoms with E-state index in [1.54, 1.807) is 0 Å². The molecule has 1 rings (SSSR count). The van der Waals surface area contributed by atoms with Gasteiger partial charge in [-0.15, -0.1) is 0 Å². The maximum Gasteiger partial charge on any atom is 0.303 e. The molecule has 0 radical (unpaired) electrons. The SMILES string of the molecule is CC(=O)OC(C)(C)C.CCC(C)C(C)C(CC)(CN)C1CCC1. The smallest absolute Gasteiger partial charge is 0.303 e. The third-order valence-corrected chi connectivity index (χ3v) is 5.81. The van der Waals surface area contributed by atoms with Crippen molar-refractivity contribution in [1.82, 2.24) is 0 Å². The molecule has 3 heteroatoms. The van der Waals surface area contributed by atoms with Gasteiger partial charge < -0.3 is 10.5 Å². The van der Waals surface area contributed by atoms with E-state index >= 15 is 0 Å². The van der Waals surface area contributed by atoms with Crippen LogP contribution in [-0.4, -0.2) is 18.1 Å². The van der Waals surface area contributed by atoms with E-state index in [1.165, 1.54) is 39.0 Å². The molecule has 1 aliphatic carbocycles. The maximum atomic E-state index is 10.2. The molecule has 138 valence electrons. The minimum Gasteiger partial charge on any atom is -0.460 e. The summed E-state index contributed by atoms with van der Waals surface area (Å²) in [6.45, 7) is 17.3. The van der Waals surface area contributed by atoms with Crippen molar-refractivity contribution >= 4 is 5.97 Å². The second-order valence-electron chi connectivity index (χ2n) is 8.30. The molecule has 0 aromatic rings. The molecule has 3 atom stereocenters. The van der Waals surface area contributed by atoms with Crippen LogP contribution < -0.4 is 5.73 Å². The third-order valence-electron chi connectivity index (χ3n) is 5.81. The minimum absolute atomic E-state index is 0.225. The average Bonchev–Trinajstić information content (AvgIpc) is 2.38. The summed E-state index contributed by atoms with van der Waals surface area (Å²) in [5.41, 5.74) is 6.23. The first-order valence-electron chi connectivity index (χ1n) is 9.43. The van der Waals surface area contributed by atoms with E-state index in [9.17, 15) is 4.79 Å². The van der Waals surface area contributed by atoms with Crippen molar-refractivity contribution in [3.63, 3.8) is 0 Å². The first-order valence-corrected chi connectivity index (χ1v) is 9.43. The molecule has 1 saturated carbocycles. The molecule has 0 aromatic carbocycles. The summed E-state index contributed by atoms with van der Waals surface area (Å²) in [5, 5.41) is 0. The lowest BCUT2D eigenvalue weighted by molar-refractivity contribution is -0.151. The van der Waals surface area contributed by atoms with Crippen LogP contribution in [0.5, 0.6) is 0 Å². The van der Waals surface area contributed by atoms with E-state index in [2.05, 4.69) is 27.7 Å². The van der Waals surface area contributed by atoms with Gasteiger partial charge in [0.1, 0.15) is 5.60 Å². The highest BCUT2D eigenvalue weighted by molar-refractivity contribution is 5.66. The Morgan fingerprint density at radius 2 is 1.74 bits per heavy atom. The Labute approximate surface area is 144 Å². The van der Waals surface area contributed by atoms with Crippen molar-refractivity contribution in [3.05, 3.63) is 0 Å². The van der Waals surface area contributed by atoms with Gasteiger partial charge in [0.25, 0.3) is 0 Å². The highest BCUT2D eigenvalue weighted by Gasteiger charge is 2.44. The molecule has 0 aliphatic heterocycles. The van der Waals surface area contributed by atoms with Crippen molar-refractivity contribution in [1.29, 1.82) is 0 Å². The zero-order valence-corrected chi connectivity index (χ0v) is 16.9. The molecule has 1 fully saturated rings. The monoisotopic (exact) mass is 327 g/mol. The first-order chi connectivity index (χ1) is 10.5. The number of nitrogens with two attached hydrogens (primary N) is 1. The van der Waals surface area contributed by atoms with Gasteiger partial charge in [-0.3, -0.25) is 4.79 Å². The van der Waals surface area contributed by atoms with Crippen LogP contribution >= 0.6 is 0 Å². The number of ether oxygens (including phenoxy) is 1. The van der Waals surface area contributed by atoms with Crippen LogP contribution in [0.3, 0.4) is 0 Å². The van der Waals surface area contributed by atoms with Gasteiger partial charge in [0, 0.05) is 6.92 Å². The molecule has 0 aromatic heterocycles. The van der Waals surface area contributed by atoms with Gasteiger partial charge in [-0.25, -0.2) is 0 Å². The fraction of sp³-hybridized carbons (Fsp3) is 0.950. The summed E-state index contributed by atoms with van der Waals surface area (Å²) >= 11 is 0. The van der Waals surface area contributed by atoms with Crippen LogP contribution in [0.25, 0.3) is 0 Å². The number of carbonyl (C=O) groups excluding carboxylic acids is 1. The molecule has 3 unspecified atom stereocenters. The topological polar surface area (TPSA) is 52.3 Å².